The van der Waals surface area contributed by atoms with E-state index in [1.54, 1.807) is 6.07 Å². The number of Topliss-reactive ketones (excluding diaryl/α,β-unsaturated/α-hetero) is 1. The summed E-state index contributed by atoms with van der Waals surface area (Å²) in [6.45, 7) is 5.23. The number of piperidine rings is 1. The summed E-state index contributed by atoms with van der Waals surface area (Å²) < 4.78 is 33.4. The van der Waals surface area contributed by atoms with Crippen molar-refractivity contribution >= 4 is 15.8 Å². The molecule has 0 unspecified atom stereocenters. The molecule has 1 aromatic rings. The third-order valence-corrected chi connectivity index (χ3v) is 8.92. The number of carbonyl (C=O) groups excluding carboxylic acids is 1. The average molecular weight is 458 g/mol. The lowest BCUT2D eigenvalue weighted by molar-refractivity contribution is -0.119. The molecule has 4 heterocycles. The van der Waals surface area contributed by atoms with Crippen molar-refractivity contribution < 1.29 is 17.9 Å². The van der Waals surface area contributed by atoms with Crippen LogP contribution < -0.4 is 10.1 Å². The van der Waals surface area contributed by atoms with Crippen molar-refractivity contribution in [1.29, 1.82) is 0 Å². The molecule has 32 heavy (non-hydrogen) atoms. The van der Waals surface area contributed by atoms with E-state index in [1.165, 1.54) is 23.7 Å². The zero-order chi connectivity index (χ0) is 22.7. The van der Waals surface area contributed by atoms with Crippen LogP contribution in [0.3, 0.4) is 0 Å². The molecule has 3 aliphatic heterocycles. The van der Waals surface area contributed by atoms with E-state index in [0.717, 1.165) is 29.1 Å². The largest absolute Gasteiger partial charge is 0.480 e. The van der Waals surface area contributed by atoms with E-state index in [1.807, 2.05) is 0 Å². The van der Waals surface area contributed by atoms with Crippen molar-refractivity contribution in [2.75, 3.05) is 26.7 Å². The van der Waals surface area contributed by atoms with E-state index in [9.17, 15) is 13.2 Å². The van der Waals surface area contributed by atoms with Crippen molar-refractivity contribution in [3.8, 4) is 5.88 Å². The molecule has 0 saturated carbocycles. The number of sulfonamides is 1. The number of pyridine rings is 1. The number of fused-ring (bicyclic) bond motifs is 2. The van der Waals surface area contributed by atoms with Crippen LogP contribution in [-0.2, 0) is 14.8 Å². The number of aromatic nitrogens is 1. The Kier molecular flexibility index (Phi) is 4.79. The predicted molar refractivity (Wildman–Crippen MR) is 116 cm³/mol. The fourth-order valence-electron chi connectivity index (χ4n) is 5.59. The summed E-state index contributed by atoms with van der Waals surface area (Å²) in [6, 6.07) is 3.10. The molecule has 0 bridgehead atoms. The number of carbonyl (C=O) groups is 1. The molecular weight excluding hydrogens is 430 g/mol. The van der Waals surface area contributed by atoms with Crippen LogP contribution in [0.15, 0.2) is 56.1 Å². The van der Waals surface area contributed by atoms with Crippen LogP contribution in [0.2, 0.25) is 0 Å². The van der Waals surface area contributed by atoms with Crippen LogP contribution in [0.1, 0.15) is 39.5 Å². The summed E-state index contributed by atoms with van der Waals surface area (Å²) in [5.74, 6) is 0.967. The number of rotatable bonds is 3. The van der Waals surface area contributed by atoms with E-state index in [0.29, 0.717) is 38.9 Å². The Labute approximate surface area is 187 Å². The minimum atomic E-state index is -3.78. The van der Waals surface area contributed by atoms with E-state index in [4.69, 9.17) is 4.74 Å². The highest BCUT2D eigenvalue weighted by atomic mass is 32.2. The minimum Gasteiger partial charge on any atom is -0.480 e. The van der Waals surface area contributed by atoms with Crippen LogP contribution >= 0.6 is 0 Å². The van der Waals surface area contributed by atoms with Gasteiger partial charge >= 0.3 is 0 Å². The number of ether oxygens (including phenoxy) is 1. The number of dihydropyridines is 1. The Morgan fingerprint density at radius 1 is 1.19 bits per heavy atom. The molecule has 0 aromatic carbocycles. The Morgan fingerprint density at radius 2 is 1.94 bits per heavy atom. The van der Waals surface area contributed by atoms with Crippen LogP contribution in [0.5, 0.6) is 5.88 Å². The average Bonchev–Trinajstić information content (AvgIpc) is 3.22. The molecule has 10 heteroatoms. The Bertz CT molecular complexity index is 1190. The van der Waals surface area contributed by atoms with Gasteiger partial charge in [0.15, 0.2) is 11.6 Å². The first-order valence-electron chi connectivity index (χ1n) is 10.8. The molecule has 1 fully saturated rings. The van der Waals surface area contributed by atoms with Crippen molar-refractivity contribution in [3.05, 3.63) is 41.0 Å². The third kappa shape index (κ3) is 3.11. The van der Waals surface area contributed by atoms with Gasteiger partial charge in [-0.3, -0.25) is 4.79 Å². The van der Waals surface area contributed by atoms with E-state index < -0.39 is 15.4 Å². The predicted octanol–water partition coefficient (Wildman–Crippen LogP) is 2.78. The number of methoxy groups -OCH3 is 1. The minimum absolute atomic E-state index is 0.0601. The van der Waals surface area contributed by atoms with Crippen molar-refractivity contribution in [2.24, 2.45) is 21.1 Å². The van der Waals surface area contributed by atoms with E-state index >= 15 is 0 Å². The van der Waals surface area contributed by atoms with Crippen LogP contribution in [0.4, 0.5) is 0 Å². The number of nitrogens with zero attached hydrogens (tertiary/aromatic N) is 4. The summed E-state index contributed by atoms with van der Waals surface area (Å²) in [7, 11) is -2.37. The summed E-state index contributed by atoms with van der Waals surface area (Å²) in [6.07, 6.45) is 3.79. The second kappa shape index (κ2) is 7.21. The fourth-order valence-corrected chi connectivity index (χ4v) is 7.14. The van der Waals surface area contributed by atoms with Gasteiger partial charge in [0.2, 0.25) is 15.9 Å². The van der Waals surface area contributed by atoms with Crippen LogP contribution in [-0.4, -0.2) is 50.2 Å². The first kappa shape index (κ1) is 21.3. The first-order valence-corrected chi connectivity index (χ1v) is 12.3. The number of hydrogen-bond acceptors (Lipinski definition) is 8. The maximum Gasteiger partial charge on any atom is 0.248 e. The molecule has 1 saturated heterocycles. The highest BCUT2D eigenvalue weighted by Gasteiger charge is 2.53. The lowest BCUT2D eigenvalue weighted by Crippen LogP contribution is -2.50. The molecular formula is C22H27N5O4S. The molecule has 4 aliphatic rings. The van der Waals surface area contributed by atoms with Gasteiger partial charge in [0.1, 0.15) is 4.90 Å². The number of ketones is 1. The molecule has 9 nitrogen and oxygen atoms in total. The highest BCUT2D eigenvalue weighted by molar-refractivity contribution is 7.89. The molecule has 1 spiro atoms. The summed E-state index contributed by atoms with van der Waals surface area (Å²) in [5, 5.41) is 11.9. The first-order chi connectivity index (χ1) is 15.2. The van der Waals surface area contributed by atoms with Crippen molar-refractivity contribution in [1.82, 2.24) is 14.6 Å². The van der Waals surface area contributed by atoms with Gasteiger partial charge in [-0.2, -0.15) is 9.42 Å². The van der Waals surface area contributed by atoms with Crippen molar-refractivity contribution in [2.45, 2.75) is 44.4 Å². The van der Waals surface area contributed by atoms with Crippen LogP contribution in [0, 0.1) is 10.8 Å². The van der Waals surface area contributed by atoms with Gasteiger partial charge in [-0.15, -0.1) is 5.11 Å². The molecule has 170 valence electrons. The monoisotopic (exact) mass is 457 g/mol. The van der Waals surface area contributed by atoms with E-state index in [-0.39, 0.29) is 22.0 Å². The Morgan fingerprint density at radius 3 is 2.66 bits per heavy atom. The quantitative estimate of drug-likeness (QED) is 0.747. The number of allylic oxidation sites excluding steroid dienone is 2. The maximum absolute atomic E-state index is 13.4. The summed E-state index contributed by atoms with van der Waals surface area (Å²) in [4.78, 5) is 17.5. The molecule has 0 atom stereocenters. The Hall–Kier alpha value is -2.59. The highest BCUT2D eigenvalue weighted by Crippen LogP contribution is 2.55. The lowest BCUT2D eigenvalue weighted by atomic mass is 9.60. The smallest absolute Gasteiger partial charge is 0.248 e. The number of nitrogens with one attached hydrogen (secondary N) is 1. The van der Waals surface area contributed by atoms with E-state index in [2.05, 4.69) is 34.4 Å². The molecule has 1 aliphatic carbocycles. The second-order valence-corrected chi connectivity index (χ2v) is 11.5. The zero-order valence-corrected chi connectivity index (χ0v) is 19.3. The second-order valence-electron chi connectivity index (χ2n) is 9.64. The Balaban J connectivity index is 1.50. The van der Waals surface area contributed by atoms with Gasteiger partial charge in [0, 0.05) is 48.0 Å². The third-order valence-electron chi connectivity index (χ3n) is 7.01. The zero-order valence-electron chi connectivity index (χ0n) is 18.5. The summed E-state index contributed by atoms with van der Waals surface area (Å²) >= 11 is 0. The molecule has 1 N–H and O–H groups in total. The molecule has 0 amide bonds. The standard InChI is InChI=1S/C22H27N5O4S/c1-21(2)11-15-18(16(28)12-21)22(14-13-24-26-19(14)25-15)6-9-27(10-7-22)32(29,30)17-5-4-8-23-20(17)31-3/h4-5,8,25H,6-7,9-13H2,1-3H3. The van der Waals surface area contributed by atoms with Gasteiger partial charge in [-0.1, -0.05) is 13.8 Å². The molecule has 5 rings (SSSR count). The van der Waals surface area contributed by atoms with Gasteiger partial charge in [-0.05, 0) is 36.8 Å². The van der Waals surface area contributed by atoms with Crippen LogP contribution in [0.25, 0.3) is 0 Å². The molecule has 0 radical (unpaired) electrons. The SMILES string of the molecule is COc1ncccc1S(=O)(=O)N1CCC2(CC1)C1=C(N=NC1)NC1=C2C(=O)CC(C)(C)C1. The van der Waals surface area contributed by atoms with Gasteiger partial charge in [0.05, 0.1) is 13.7 Å². The number of azo groups is 1. The summed E-state index contributed by atoms with van der Waals surface area (Å²) in [5.41, 5.74) is 2.12. The van der Waals surface area contributed by atoms with Crippen molar-refractivity contribution in [3.63, 3.8) is 0 Å². The lowest BCUT2D eigenvalue weighted by Gasteiger charge is -2.48. The number of hydrogen-bond donors (Lipinski definition) is 1. The topological polar surface area (TPSA) is 113 Å². The molecule has 1 aromatic heterocycles. The maximum atomic E-state index is 13.4. The normalized spacial score (nSPS) is 24.4. The van der Waals surface area contributed by atoms with Gasteiger partial charge in [-0.25, -0.2) is 13.4 Å². The fraction of sp³-hybridized carbons (Fsp3) is 0.545. The van der Waals surface area contributed by atoms with Gasteiger partial charge in [0.25, 0.3) is 0 Å². The van der Waals surface area contributed by atoms with Gasteiger partial charge < -0.3 is 10.1 Å².